The fraction of sp³-hybridized carbons (Fsp3) is 0.263. The molecule has 130 valence electrons. The Balaban J connectivity index is 1.85. The minimum atomic E-state index is 0.0169. The van der Waals surface area contributed by atoms with Crippen molar-refractivity contribution in [3.05, 3.63) is 51.1 Å². The molecule has 0 atom stereocenters. The molecule has 1 fully saturated rings. The zero-order valence-electron chi connectivity index (χ0n) is 14.5. The number of aliphatic imine (C=N–C) groups is 1. The topological polar surface area (TPSA) is 41.9 Å². The molecule has 6 heteroatoms. The molecular formula is C19H20N2O2S2. The van der Waals surface area contributed by atoms with Crippen molar-refractivity contribution < 1.29 is 9.53 Å². The Kier molecular flexibility index (Phi) is 5.60. The summed E-state index contributed by atoms with van der Waals surface area (Å²) in [5.74, 6) is 0.839. The summed E-state index contributed by atoms with van der Waals surface area (Å²) in [7, 11) is 0. The maximum absolute atomic E-state index is 12.6. The van der Waals surface area contributed by atoms with Gasteiger partial charge in [-0.15, -0.1) is 11.3 Å². The average molecular weight is 373 g/mol. The van der Waals surface area contributed by atoms with Gasteiger partial charge in [-0.05, 0) is 75.0 Å². The quantitative estimate of drug-likeness (QED) is 0.687. The van der Waals surface area contributed by atoms with Crippen molar-refractivity contribution in [3.63, 3.8) is 0 Å². The van der Waals surface area contributed by atoms with Crippen LogP contribution in [0.15, 0.2) is 46.3 Å². The van der Waals surface area contributed by atoms with Gasteiger partial charge >= 0.3 is 0 Å². The predicted octanol–water partition coefficient (Wildman–Crippen LogP) is 5.08. The number of ether oxygens (including phenoxy) is 1. The molecule has 25 heavy (non-hydrogen) atoms. The molecule has 2 heterocycles. The molecule has 2 aromatic rings. The van der Waals surface area contributed by atoms with Crippen LogP contribution >= 0.6 is 23.1 Å². The fourth-order valence-corrected chi connectivity index (χ4v) is 4.37. The number of hydrogen-bond donors (Lipinski definition) is 0. The number of likely N-dealkylation sites (N-methyl/N-ethyl adjacent to an activating group) is 1. The van der Waals surface area contributed by atoms with Crippen LogP contribution in [-0.4, -0.2) is 29.1 Å². The molecule has 1 amide bonds. The Morgan fingerprint density at radius 1 is 1.16 bits per heavy atom. The number of aryl methyl sites for hydroxylation is 1. The summed E-state index contributed by atoms with van der Waals surface area (Å²) in [5.41, 5.74) is 0.811. The van der Waals surface area contributed by atoms with Crippen molar-refractivity contribution in [3.8, 4) is 5.75 Å². The van der Waals surface area contributed by atoms with Crippen LogP contribution in [0.2, 0.25) is 0 Å². The second-order valence-corrected chi connectivity index (χ2v) is 7.76. The van der Waals surface area contributed by atoms with E-state index in [9.17, 15) is 4.79 Å². The van der Waals surface area contributed by atoms with Crippen LogP contribution in [0.25, 0.3) is 6.08 Å². The summed E-state index contributed by atoms with van der Waals surface area (Å²) < 4.78 is 5.45. The molecule has 4 nitrogen and oxygen atoms in total. The summed E-state index contributed by atoms with van der Waals surface area (Å²) in [6, 6.07) is 11.7. The first kappa shape index (κ1) is 17.8. The molecule has 0 radical (unpaired) electrons. The Morgan fingerprint density at radius 2 is 1.92 bits per heavy atom. The van der Waals surface area contributed by atoms with Crippen LogP contribution < -0.4 is 4.74 Å². The van der Waals surface area contributed by atoms with E-state index in [1.165, 1.54) is 16.6 Å². The van der Waals surface area contributed by atoms with E-state index in [1.807, 2.05) is 50.3 Å². The van der Waals surface area contributed by atoms with Crippen LogP contribution in [-0.2, 0) is 4.79 Å². The average Bonchev–Trinajstić information content (AvgIpc) is 3.13. The zero-order valence-corrected chi connectivity index (χ0v) is 16.1. The lowest BCUT2D eigenvalue weighted by Gasteiger charge is -2.12. The van der Waals surface area contributed by atoms with Gasteiger partial charge in [-0.2, -0.15) is 0 Å². The van der Waals surface area contributed by atoms with E-state index in [1.54, 1.807) is 16.2 Å². The molecule has 0 spiro atoms. The van der Waals surface area contributed by atoms with Crippen LogP contribution in [0.4, 0.5) is 5.69 Å². The number of hydrogen-bond acceptors (Lipinski definition) is 5. The lowest BCUT2D eigenvalue weighted by molar-refractivity contribution is -0.122. The molecular weight excluding hydrogens is 352 g/mol. The van der Waals surface area contributed by atoms with Crippen LogP contribution in [0.3, 0.4) is 0 Å². The third-order valence-corrected chi connectivity index (χ3v) is 5.57. The molecule has 0 saturated carbocycles. The van der Waals surface area contributed by atoms with Crippen molar-refractivity contribution in [1.29, 1.82) is 0 Å². The number of carbonyl (C=O) groups is 1. The minimum Gasteiger partial charge on any atom is -0.494 e. The number of rotatable bonds is 5. The van der Waals surface area contributed by atoms with E-state index in [-0.39, 0.29) is 5.91 Å². The van der Waals surface area contributed by atoms with Crippen LogP contribution in [0, 0.1) is 6.92 Å². The standard InChI is InChI=1S/C19H20N2O2S2/c1-4-21-18(22)17(12-16-11-6-13(3)24-16)25-19(21)20-14-7-9-15(10-8-14)23-5-2/h6-12H,4-5H2,1-3H3/b17-12-,20-19?. The third-order valence-electron chi connectivity index (χ3n) is 3.61. The highest BCUT2D eigenvalue weighted by Crippen LogP contribution is 2.35. The number of thiophene rings is 1. The van der Waals surface area contributed by atoms with E-state index in [2.05, 4.69) is 18.0 Å². The first-order valence-electron chi connectivity index (χ1n) is 8.20. The van der Waals surface area contributed by atoms with E-state index >= 15 is 0 Å². The van der Waals surface area contributed by atoms with E-state index in [0.717, 1.165) is 21.5 Å². The third kappa shape index (κ3) is 4.14. The maximum Gasteiger partial charge on any atom is 0.266 e. The van der Waals surface area contributed by atoms with Crippen molar-refractivity contribution in [1.82, 2.24) is 4.90 Å². The molecule has 1 aromatic carbocycles. The number of amidine groups is 1. The smallest absolute Gasteiger partial charge is 0.266 e. The zero-order chi connectivity index (χ0) is 17.8. The molecule has 0 unspecified atom stereocenters. The first-order chi connectivity index (χ1) is 12.1. The van der Waals surface area contributed by atoms with Gasteiger partial charge in [0.15, 0.2) is 5.17 Å². The normalized spacial score (nSPS) is 17.7. The van der Waals surface area contributed by atoms with E-state index in [4.69, 9.17) is 4.74 Å². The monoisotopic (exact) mass is 372 g/mol. The van der Waals surface area contributed by atoms with Gasteiger partial charge < -0.3 is 4.74 Å². The molecule has 0 bridgehead atoms. The largest absolute Gasteiger partial charge is 0.494 e. The van der Waals surface area contributed by atoms with Gasteiger partial charge in [0.05, 0.1) is 17.2 Å². The fourth-order valence-electron chi connectivity index (χ4n) is 2.42. The maximum atomic E-state index is 12.6. The van der Waals surface area contributed by atoms with E-state index < -0.39 is 0 Å². The predicted molar refractivity (Wildman–Crippen MR) is 107 cm³/mol. The lowest BCUT2D eigenvalue weighted by atomic mass is 10.3. The summed E-state index contributed by atoms with van der Waals surface area (Å²) in [4.78, 5) is 22.0. The van der Waals surface area contributed by atoms with Crippen molar-refractivity contribution in [2.45, 2.75) is 20.8 Å². The Hall–Kier alpha value is -2.05. The Morgan fingerprint density at radius 3 is 2.52 bits per heavy atom. The van der Waals surface area contributed by atoms with Gasteiger partial charge in [0.25, 0.3) is 5.91 Å². The van der Waals surface area contributed by atoms with Gasteiger partial charge in [-0.3, -0.25) is 9.69 Å². The molecule has 0 N–H and O–H groups in total. The second-order valence-electron chi connectivity index (χ2n) is 5.43. The second kappa shape index (κ2) is 7.89. The highest BCUT2D eigenvalue weighted by Gasteiger charge is 2.32. The number of amides is 1. The van der Waals surface area contributed by atoms with Gasteiger partial charge in [-0.25, -0.2) is 4.99 Å². The molecule has 1 saturated heterocycles. The molecule has 0 aliphatic carbocycles. The highest BCUT2D eigenvalue weighted by molar-refractivity contribution is 8.18. The van der Waals surface area contributed by atoms with Crippen LogP contribution in [0.1, 0.15) is 23.6 Å². The Labute approximate surface area is 156 Å². The van der Waals surface area contributed by atoms with E-state index in [0.29, 0.717) is 18.1 Å². The summed E-state index contributed by atoms with van der Waals surface area (Å²) in [6.45, 7) is 7.22. The number of thioether (sulfide) groups is 1. The Bertz CT molecular complexity index is 822. The molecule has 3 rings (SSSR count). The SMILES string of the molecule is CCOc1ccc(N=C2S/C(=C\c3ccc(C)s3)C(=O)N2CC)cc1. The number of carbonyl (C=O) groups excluding carboxylic acids is 1. The molecule has 1 aliphatic heterocycles. The highest BCUT2D eigenvalue weighted by atomic mass is 32.2. The first-order valence-corrected chi connectivity index (χ1v) is 9.83. The summed E-state index contributed by atoms with van der Waals surface area (Å²) in [5, 5.41) is 0.719. The number of benzene rings is 1. The van der Waals surface area contributed by atoms with Gasteiger partial charge in [0, 0.05) is 16.3 Å². The van der Waals surface area contributed by atoms with Crippen molar-refractivity contribution in [2.75, 3.05) is 13.2 Å². The van der Waals surface area contributed by atoms with Gasteiger partial charge in [0.2, 0.25) is 0 Å². The van der Waals surface area contributed by atoms with Crippen molar-refractivity contribution >= 4 is 45.9 Å². The lowest BCUT2D eigenvalue weighted by Crippen LogP contribution is -2.28. The molecule has 1 aromatic heterocycles. The van der Waals surface area contributed by atoms with Crippen molar-refractivity contribution in [2.24, 2.45) is 4.99 Å². The van der Waals surface area contributed by atoms with Gasteiger partial charge in [-0.1, -0.05) is 0 Å². The summed E-state index contributed by atoms with van der Waals surface area (Å²) in [6.07, 6.45) is 1.95. The number of nitrogens with zero attached hydrogens (tertiary/aromatic N) is 2. The van der Waals surface area contributed by atoms with Gasteiger partial charge in [0.1, 0.15) is 5.75 Å². The minimum absolute atomic E-state index is 0.0169. The molecule has 1 aliphatic rings. The van der Waals surface area contributed by atoms with Crippen LogP contribution in [0.5, 0.6) is 5.75 Å². The summed E-state index contributed by atoms with van der Waals surface area (Å²) >= 11 is 3.11.